The third-order valence-corrected chi connectivity index (χ3v) is 7.32. The van der Waals surface area contributed by atoms with Crippen molar-refractivity contribution >= 4 is 54.9 Å². The number of benzene rings is 1. The number of hydrogen-bond acceptors (Lipinski definition) is 5. The monoisotopic (exact) mass is 479 g/mol. The smallest absolute Gasteiger partial charge is 0.225 e. The summed E-state index contributed by atoms with van der Waals surface area (Å²) in [6, 6.07) is 8.72. The molecule has 0 aliphatic carbocycles. The van der Waals surface area contributed by atoms with Crippen molar-refractivity contribution in [2.24, 2.45) is 0 Å². The van der Waals surface area contributed by atoms with Gasteiger partial charge >= 0.3 is 0 Å². The van der Waals surface area contributed by atoms with Crippen molar-refractivity contribution in [3.8, 4) is 11.1 Å². The van der Waals surface area contributed by atoms with Gasteiger partial charge in [-0.15, -0.1) is 11.3 Å². The van der Waals surface area contributed by atoms with Crippen molar-refractivity contribution in [3.05, 3.63) is 38.9 Å². The molecule has 2 aromatic heterocycles. The number of nitrogens with zero attached hydrogens (tertiary/aromatic N) is 3. The van der Waals surface area contributed by atoms with Gasteiger partial charge in [0.2, 0.25) is 5.28 Å². The molecule has 3 aromatic rings. The molecule has 148 valence electrons. The fraction of sp³-hybridized carbons (Fsp3) is 0.429. The van der Waals surface area contributed by atoms with Crippen LogP contribution in [0, 0.1) is 0 Å². The Morgan fingerprint density at radius 3 is 2.75 bits per heavy atom. The Morgan fingerprint density at radius 1 is 1.25 bits per heavy atom. The number of aliphatic hydroxyl groups is 1. The van der Waals surface area contributed by atoms with E-state index in [0.717, 1.165) is 52.7 Å². The molecule has 1 aromatic carbocycles. The first kappa shape index (κ1) is 20.1. The van der Waals surface area contributed by atoms with Crippen molar-refractivity contribution in [1.82, 2.24) is 9.97 Å². The number of aliphatic hydroxyl groups excluding tert-OH is 1. The van der Waals surface area contributed by atoms with Gasteiger partial charge < -0.3 is 10.0 Å². The number of piperidine rings is 1. The van der Waals surface area contributed by atoms with E-state index in [1.54, 1.807) is 11.3 Å². The standard InChI is InChI=1S/C21H23BrClN3OS/c1-2-16-17(13-6-8-14(22)9-7-13)18-19(24-21(23)25-20(18)28-16)26-11-4-3-5-15(26)10-12-27/h6-9,15,27H,2-5,10-12H2,1H3. The maximum atomic E-state index is 9.56. The van der Waals surface area contributed by atoms with E-state index in [9.17, 15) is 5.11 Å². The highest BCUT2D eigenvalue weighted by Crippen LogP contribution is 2.44. The minimum atomic E-state index is 0.187. The van der Waals surface area contributed by atoms with Gasteiger partial charge in [0, 0.05) is 34.1 Å². The maximum absolute atomic E-state index is 9.56. The van der Waals surface area contributed by atoms with Crippen LogP contribution in [0.1, 0.15) is 37.5 Å². The topological polar surface area (TPSA) is 49.2 Å². The number of fused-ring (bicyclic) bond motifs is 1. The van der Waals surface area contributed by atoms with Crippen molar-refractivity contribution < 1.29 is 5.11 Å². The second kappa shape index (κ2) is 8.66. The molecule has 1 N–H and O–H groups in total. The summed E-state index contributed by atoms with van der Waals surface area (Å²) in [6.07, 6.45) is 5.07. The van der Waals surface area contributed by atoms with Crippen LogP contribution in [0.3, 0.4) is 0 Å². The van der Waals surface area contributed by atoms with E-state index in [4.69, 9.17) is 16.6 Å². The zero-order chi connectivity index (χ0) is 19.7. The average molecular weight is 481 g/mol. The van der Waals surface area contributed by atoms with Crippen LogP contribution < -0.4 is 4.90 Å². The summed E-state index contributed by atoms with van der Waals surface area (Å²) >= 11 is 11.6. The second-order valence-corrected chi connectivity index (χ2v) is 9.45. The molecule has 1 aliphatic heterocycles. The van der Waals surface area contributed by atoms with Crippen LogP contribution in [0.2, 0.25) is 5.28 Å². The maximum Gasteiger partial charge on any atom is 0.225 e. The minimum absolute atomic E-state index is 0.187. The van der Waals surface area contributed by atoms with E-state index in [2.05, 4.69) is 57.0 Å². The molecule has 3 heterocycles. The first-order valence-electron chi connectivity index (χ1n) is 9.74. The van der Waals surface area contributed by atoms with Crippen molar-refractivity contribution in [2.75, 3.05) is 18.1 Å². The van der Waals surface area contributed by atoms with Gasteiger partial charge in [0.25, 0.3) is 0 Å². The highest BCUT2D eigenvalue weighted by atomic mass is 79.9. The van der Waals surface area contributed by atoms with Crippen LogP contribution >= 0.6 is 38.9 Å². The van der Waals surface area contributed by atoms with Crippen LogP contribution in [0.5, 0.6) is 0 Å². The summed E-state index contributed by atoms with van der Waals surface area (Å²) in [5.41, 5.74) is 2.39. The zero-order valence-electron chi connectivity index (χ0n) is 15.8. The number of thiophene rings is 1. The zero-order valence-corrected chi connectivity index (χ0v) is 18.9. The van der Waals surface area contributed by atoms with Gasteiger partial charge in [-0.1, -0.05) is 35.0 Å². The molecule has 7 heteroatoms. The Morgan fingerprint density at radius 2 is 2.04 bits per heavy atom. The van der Waals surface area contributed by atoms with Gasteiger partial charge in [-0.3, -0.25) is 0 Å². The van der Waals surface area contributed by atoms with Gasteiger partial charge in [0.15, 0.2) is 0 Å². The highest BCUT2D eigenvalue weighted by Gasteiger charge is 2.28. The Labute approximate surface area is 182 Å². The normalized spacial score (nSPS) is 17.4. The molecular formula is C21H23BrClN3OS. The molecular weight excluding hydrogens is 458 g/mol. The van der Waals surface area contributed by atoms with Gasteiger partial charge in [0.1, 0.15) is 10.6 Å². The molecule has 1 unspecified atom stereocenters. The van der Waals surface area contributed by atoms with E-state index < -0.39 is 0 Å². The van der Waals surface area contributed by atoms with Crippen LogP contribution in [0.25, 0.3) is 21.3 Å². The van der Waals surface area contributed by atoms with E-state index in [1.165, 1.54) is 22.4 Å². The summed E-state index contributed by atoms with van der Waals surface area (Å²) in [6.45, 7) is 3.30. The SMILES string of the molecule is CCc1sc2nc(Cl)nc(N3CCCCC3CCO)c2c1-c1ccc(Br)cc1. The van der Waals surface area contributed by atoms with E-state index in [0.29, 0.717) is 5.28 Å². The summed E-state index contributed by atoms with van der Waals surface area (Å²) in [5, 5.41) is 11.0. The number of aryl methyl sites for hydroxylation is 1. The second-order valence-electron chi connectivity index (χ2n) is 7.11. The number of halogens is 2. The molecule has 0 bridgehead atoms. The number of anilines is 1. The molecule has 0 amide bonds. The largest absolute Gasteiger partial charge is 0.396 e. The van der Waals surface area contributed by atoms with E-state index in [1.807, 2.05) is 0 Å². The minimum Gasteiger partial charge on any atom is -0.396 e. The Balaban J connectivity index is 1.95. The van der Waals surface area contributed by atoms with Crippen LogP contribution in [0.15, 0.2) is 28.7 Å². The first-order valence-corrected chi connectivity index (χ1v) is 11.7. The van der Waals surface area contributed by atoms with E-state index >= 15 is 0 Å². The molecule has 0 saturated carbocycles. The highest BCUT2D eigenvalue weighted by molar-refractivity contribution is 9.10. The molecule has 0 spiro atoms. The Kier molecular flexibility index (Phi) is 6.21. The van der Waals surface area contributed by atoms with Crippen LogP contribution in [-0.2, 0) is 6.42 Å². The lowest BCUT2D eigenvalue weighted by Crippen LogP contribution is -2.40. The number of hydrogen-bond donors (Lipinski definition) is 1. The number of aromatic nitrogens is 2. The quantitative estimate of drug-likeness (QED) is 0.450. The fourth-order valence-corrected chi connectivity index (χ4v) is 5.72. The summed E-state index contributed by atoms with van der Waals surface area (Å²) in [7, 11) is 0. The summed E-state index contributed by atoms with van der Waals surface area (Å²) < 4.78 is 1.06. The predicted octanol–water partition coefficient (Wildman–Crippen LogP) is 6.08. The van der Waals surface area contributed by atoms with Crippen molar-refractivity contribution in [1.29, 1.82) is 0 Å². The Hall–Kier alpha value is -1.21. The van der Waals surface area contributed by atoms with E-state index in [-0.39, 0.29) is 12.6 Å². The molecule has 0 radical (unpaired) electrons. The van der Waals surface area contributed by atoms with Gasteiger partial charge in [0.05, 0.1) is 5.39 Å². The first-order chi connectivity index (χ1) is 13.6. The van der Waals surface area contributed by atoms with Gasteiger partial charge in [-0.2, -0.15) is 4.98 Å². The van der Waals surface area contributed by atoms with Gasteiger partial charge in [-0.25, -0.2) is 4.98 Å². The molecule has 4 nitrogen and oxygen atoms in total. The predicted molar refractivity (Wildman–Crippen MR) is 122 cm³/mol. The fourth-order valence-electron chi connectivity index (χ4n) is 4.11. The average Bonchev–Trinajstić information content (AvgIpc) is 3.07. The molecule has 4 rings (SSSR count). The number of rotatable bonds is 5. The summed E-state index contributed by atoms with van der Waals surface area (Å²) in [4.78, 5) is 13.9. The molecule has 1 saturated heterocycles. The van der Waals surface area contributed by atoms with Crippen LogP contribution in [-0.4, -0.2) is 34.3 Å². The third kappa shape index (κ3) is 3.80. The third-order valence-electron chi connectivity index (χ3n) is 5.39. The molecule has 28 heavy (non-hydrogen) atoms. The summed E-state index contributed by atoms with van der Waals surface area (Å²) in [5.74, 6) is 0.919. The van der Waals surface area contributed by atoms with Crippen LogP contribution in [0.4, 0.5) is 5.82 Å². The lowest BCUT2D eigenvalue weighted by molar-refractivity contribution is 0.262. The van der Waals surface area contributed by atoms with Crippen molar-refractivity contribution in [3.63, 3.8) is 0 Å². The van der Waals surface area contributed by atoms with Gasteiger partial charge in [-0.05, 0) is 61.4 Å². The van der Waals surface area contributed by atoms with Crippen molar-refractivity contribution in [2.45, 2.75) is 45.1 Å². The molecule has 1 atom stereocenters. The lowest BCUT2D eigenvalue weighted by atomic mass is 9.97. The molecule has 1 fully saturated rings. The Bertz CT molecular complexity index is 974. The lowest BCUT2D eigenvalue weighted by Gasteiger charge is -2.37. The molecule has 1 aliphatic rings.